The van der Waals surface area contributed by atoms with Gasteiger partial charge in [0, 0.05) is 6.42 Å². The number of rotatable bonds is 2. The zero-order valence-electron chi connectivity index (χ0n) is 7.88. The summed E-state index contributed by atoms with van der Waals surface area (Å²) in [4.78, 5) is 11.0. The monoisotopic (exact) mass is 243 g/mol. The first-order valence-corrected chi connectivity index (χ1v) is 4.94. The van der Waals surface area contributed by atoms with E-state index in [1.54, 1.807) is 6.92 Å². The van der Waals surface area contributed by atoms with Crippen molar-refractivity contribution < 1.29 is 9.53 Å². The molecule has 0 atom stereocenters. The summed E-state index contributed by atoms with van der Waals surface area (Å²) in [6.45, 7) is 1.66. The van der Waals surface area contributed by atoms with Gasteiger partial charge in [0.1, 0.15) is 0 Å². The van der Waals surface area contributed by atoms with Crippen LogP contribution in [0.5, 0.6) is 5.75 Å². The molecule has 0 aliphatic carbocycles. The van der Waals surface area contributed by atoms with Gasteiger partial charge in [0.25, 0.3) is 0 Å². The number of hydrogen-bond donors (Lipinski definition) is 0. The highest BCUT2D eigenvalue weighted by molar-refractivity contribution is 6.37. The van der Waals surface area contributed by atoms with E-state index in [9.17, 15) is 4.79 Å². The summed E-state index contributed by atoms with van der Waals surface area (Å²) in [7, 11) is 0. The molecular weight excluding hydrogens is 237 g/mol. The van der Waals surface area contributed by atoms with Crippen molar-refractivity contribution in [3.63, 3.8) is 0 Å². The number of nitrogens with zero attached hydrogens (tertiary/aromatic N) is 1. The standard InChI is InChI=1S/C10H7Cl2NO2/c1-2-9(14)15-10-7(11)3-6(5-13)4-8(10)12/h3-4H,2H2,1H3. The van der Waals surface area contributed by atoms with Crippen LogP contribution < -0.4 is 4.74 Å². The van der Waals surface area contributed by atoms with E-state index in [-0.39, 0.29) is 22.2 Å². The molecule has 0 spiro atoms. The Bertz CT molecular complexity index is 415. The number of carbonyl (C=O) groups is 1. The third kappa shape index (κ3) is 2.85. The summed E-state index contributed by atoms with van der Waals surface area (Å²) < 4.78 is 4.91. The quantitative estimate of drug-likeness (QED) is 0.592. The van der Waals surface area contributed by atoms with Crippen molar-refractivity contribution >= 4 is 29.2 Å². The highest BCUT2D eigenvalue weighted by Gasteiger charge is 2.12. The molecule has 1 aromatic rings. The lowest BCUT2D eigenvalue weighted by Crippen LogP contribution is -2.06. The lowest BCUT2D eigenvalue weighted by atomic mass is 10.2. The summed E-state index contributed by atoms with van der Waals surface area (Å²) in [5.41, 5.74) is 0.321. The minimum atomic E-state index is -0.427. The third-order valence-electron chi connectivity index (χ3n) is 1.63. The van der Waals surface area contributed by atoms with Crippen LogP contribution in [0.25, 0.3) is 0 Å². The molecule has 0 aromatic heterocycles. The fourth-order valence-electron chi connectivity index (χ4n) is 0.908. The van der Waals surface area contributed by atoms with Crippen molar-refractivity contribution in [1.29, 1.82) is 5.26 Å². The van der Waals surface area contributed by atoms with Gasteiger partial charge in [-0.25, -0.2) is 0 Å². The van der Waals surface area contributed by atoms with Crippen molar-refractivity contribution in [2.75, 3.05) is 0 Å². The molecule has 3 nitrogen and oxygen atoms in total. The van der Waals surface area contributed by atoms with E-state index in [2.05, 4.69) is 0 Å². The van der Waals surface area contributed by atoms with Crippen LogP contribution in [-0.4, -0.2) is 5.97 Å². The molecule has 0 saturated heterocycles. The molecule has 0 aliphatic heterocycles. The van der Waals surface area contributed by atoms with Gasteiger partial charge in [-0.05, 0) is 12.1 Å². The van der Waals surface area contributed by atoms with Crippen molar-refractivity contribution in [2.45, 2.75) is 13.3 Å². The van der Waals surface area contributed by atoms with Crippen LogP contribution in [0.2, 0.25) is 10.0 Å². The maximum atomic E-state index is 11.0. The summed E-state index contributed by atoms with van der Waals surface area (Å²) in [6, 6.07) is 4.68. The lowest BCUT2D eigenvalue weighted by Gasteiger charge is -2.07. The number of carbonyl (C=O) groups excluding carboxylic acids is 1. The van der Waals surface area contributed by atoms with E-state index in [0.717, 1.165) is 0 Å². The second-order valence-electron chi connectivity index (χ2n) is 2.71. The van der Waals surface area contributed by atoms with Gasteiger partial charge >= 0.3 is 5.97 Å². The molecule has 0 radical (unpaired) electrons. The van der Waals surface area contributed by atoms with E-state index in [1.807, 2.05) is 6.07 Å². The first-order valence-electron chi connectivity index (χ1n) is 4.18. The summed E-state index contributed by atoms with van der Waals surface area (Å²) in [5, 5.41) is 8.94. The van der Waals surface area contributed by atoms with Crippen LogP contribution in [0, 0.1) is 11.3 Å². The van der Waals surface area contributed by atoms with E-state index in [0.29, 0.717) is 5.56 Å². The first kappa shape index (κ1) is 11.8. The predicted octanol–water partition coefficient (Wildman–Crippen LogP) is 3.18. The molecule has 0 aliphatic rings. The Labute approximate surface area is 97.2 Å². The minimum Gasteiger partial charge on any atom is -0.423 e. The number of esters is 1. The van der Waals surface area contributed by atoms with Gasteiger partial charge in [-0.2, -0.15) is 5.26 Å². The Morgan fingerprint density at radius 1 is 1.47 bits per heavy atom. The Morgan fingerprint density at radius 3 is 2.40 bits per heavy atom. The largest absolute Gasteiger partial charge is 0.423 e. The Kier molecular flexibility index (Phi) is 3.96. The second-order valence-corrected chi connectivity index (χ2v) is 3.52. The molecule has 0 fully saturated rings. The topological polar surface area (TPSA) is 50.1 Å². The fraction of sp³-hybridized carbons (Fsp3) is 0.200. The molecule has 78 valence electrons. The molecule has 0 heterocycles. The molecule has 15 heavy (non-hydrogen) atoms. The second kappa shape index (κ2) is 5.01. The fourth-order valence-corrected chi connectivity index (χ4v) is 1.47. The zero-order chi connectivity index (χ0) is 11.4. The number of ether oxygens (including phenoxy) is 1. The molecule has 0 amide bonds. The van der Waals surface area contributed by atoms with Crippen molar-refractivity contribution in [2.24, 2.45) is 0 Å². The van der Waals surface area contributed by atoms with Gasteiger partial charge < -0.3 is 4.74 Å². The molecule has 0 N–H and O–H groups in total. The predicted molar refractivity (Wildman–Crippen MR) is 57.1 cm³/mol. The molecule has 0 unspecified atom stereocenters. The smallest absolute Gasteiger partial charge is 0.310 e. The van der Waals surface area contributed by atoms with Crippen molar-refractivity contribution in [1.82, 2.24) is 0 Å². The van der Waals surface area contributed by atoms with Crippen LogP contribution in [0.4, 0.5) is 0 Å². The molecular formula is C10H7Cl2NO2. The highest BCUT2D eigenvalue weighted by atomic mass is 35.5. The summed E-state index contributed by atoms with van der Waals surface area (Å²) in [6.07, 6.45) is 0.229. The number of benzene rings is 1. The summed E-state index contributed by atoms with van der Waals surface area (Å²) in [5.74, 6) is -0.326. The Hall–Kier alpha value is -1.24. The molecule has 1 aromatic carbocycles. The summed E-state index contributed by atoms with van der Waals surface area (Å²) >= 11 is 11.6. The molecule has 0 bridgehead atoms. The average Bonchev–Trinajstić information content (AvgIpc) is 2.22. The van der Waals surface area contributed by atoms with Gasteiger partial charge in [-0.1, -0.05) is 30.1 Å². The molecule has 0 saturated carbocycles. The lowest BCUT2D eigenvalue weighted by molar-refractivity contribution is -0.134. The van der Waals surface area contributed by atoms with Gasteiger partial charge in [0.05, 0.1) is 21.7 Å². The number of hydrogen-bond acceptors (Lipinski definition) is 3. The van der Waals surface area contributed by atoms with E-state index >= 15 is 0 Å². The van der Waals surface area contributed by atoms with E-state index < -0.39 is 5.97 Å². The maximum absolute atomic E-state index is 11.0. The van der Waals surface area contributed by atoms with Crippen molar-refractivity contribution in [3.8, 4) is 11.8 Å². The van der Waals surface area contributed by atoms with Gasteiger partial charge in [-0.3, -0.25) is 4.79 Å². The van der Waals surface area contributed by atoms with Gasteiger partial charge in [0.2, 0.25) is 0 Å². The van der Waals surface area contributed by atoms with Crippen LogP contribution in [0.1, 0.15) is 18.9 Å². The minimum absolute atomic E-state index is 0.101. The van der Waals surface area contributed by atoms with Crippen LogP contribution in [-0.2, 0) is 4.79 Å². The number of halogens is 2. The average molecular weight is 244 g/mol. The Balaban J connectivity index is 3.10. The highest BCUT2D eigenvalue weighted by Crippen LogP contribution is 2.34. The van der Waals surface area contributed by atoms with E-state index in [1.165, 1.54) is 12.1 Å². The van der Waals surface area contributed by atoms with Crippen LogP contribution in [0.3, 0.4) is 0 Å². The molecule has 5 heteroatoms. The Morgan fingerprint density at radius 2 is 2.00 bits per heavy atom. The number of nitriles is 1. The zero-order valence-corrected chi connectivity index (χ0v) is 9.39. The SMILES string of the molecule is CCC(=O)Oc1c(Cl)cc(C#N)cc1Cl. The van der Waals surface area contributed by atoms with Crippen LogP contribution in [0.15, 0.2) is 12.1 Å². The maximum Gasteiger partial charge on any atom is 0.310 e. The molecule has 1 rings (SSSR count). The van der Waals surface area contributed by atoms with E-state index in [4.69, 9.17) is 33.2 Å². The first-order chi connectivity index (χ1) is 7.08. The van der Waals surface area contributed by atoms with Crippen molar-refractivity contribution in [3.05, 3.63) is 27.7 Å². The van der Waals surface area contributed by atoms with Gasteiger partial charge in [0.15, 0.2) is 5.75 Å². The van der Waals surface area contributed by atoms with Crippen LogP contribution >= 0.6 is 23.2 Å². The third-order valence-corrected chi connectivity index (χ3v) is 2.19. The van der Waals surface area contributed by atoms with Gasteiger partial charge in [-0.15, -0.1) is 0 Å². The normalized spacial score (nSPS) is 9.47.